The quantitative estimate of drug-likeness (QED) is 0.680. The smallest absolute Gasteiger partial charge is 0.274 e. The number of hydrogen-bond donors (Lipinski definition) is 0. The molecule has 1 aliphatic heterocycles. The summed E-state index contributed by atoms with van der Waals surface area (Å²) in [6.07, 6.45) is 2.28. The van der Waals surface area contributed by atoms with E-state index in [1.165, 1.54) is 0 Å². The van der Waals surface area contributed by atoms with Crippen LogP contribution in [-0.4, -0.2) is 13.0 Å². The zero-order valence-electron chi connectivity index (χ0n) is 7.85. The fraction of sp³-hybridized carbons (Fsp3) is 0.300. The van der Waals surface area contributed by atoms with Crippen molar-refractivity contribution in [2.45, 2.75) is 12.5 Å². The minimum atomic E-state index is -0.921. The van der Waals surface area contributed by atoms with Crippen molar-refractivity contribution < 1.29 is 13.5 Å². The molecule has 0 spiro atoms. The van der Waals surface area contributed by atoms with E-state index in [9.17, 15) is 8.78 Å². The maximum atomic E-state index is 13.5. The predicted molar refractivity (Wildman–Crippen MR) is 52.1 cm³/mol. The molecule has 15 heavy (non-hydrogen) atoms. The third-order valence-corrected chi connectivity index (χ3v) is 2.59. The van der Waals surface area contributed by atoms with Crippen LogP contribution in [0.4, 0.5) is 8.78 Å². The van der Waals surface area contributed by atoms with Gasteiger partial charge >= 0.3 is 0 Å². The third kappa shape index (κ3) is 1.69. The van der Waals surface area contributed by atoms with Crippen LogP contribution >= 0.6 is 11.6 Å². The lowest BCUT2D eigenvalue weighted by molar-refractivity contribution is 0.271. The number of rotatable bonds is 1. The second-order valence-electron chi connectivity index (χ2n) is 3.51. The van der Waals surface area contributed by atoms with Crippen molar-refractivity contribution in [2.24, 2.45) is 4.99 Å². The highest BCUT2D eigenvalue weighted by Crippen LogP contribution is 2.32. The van der Waals surface area contributed by atoms with Gasteiger partial charge in [0.25, 0.3) is 6.40 Å². The first kappa shape index (κ1) is 10.4. The Morgan fingerprint density at radius 1 is 1.47 bits per heavy atom. The summed E-state index contributed by atoms with van der Waals surface area (Å²) >= 11 is 5.45. The minimum absolute atomic E-state index is 0.120. The Bertz CT molecular complexity index is 436. The van der Waals surface area contributed by atoms with E-state index in [4.69, 9.17) is 16.3 Å². The molecule has 1 radical (unpaired) electrons. The molecule has 0 aromatic heterocycles. The summed E-state index contributed by atoms with van der Waals surface area (Å²) in [5, 5.41) is -0.244. The molecule has 2 nitrogen and oxygen atoms in total. The first-order chi connectivity index (χ1) is 7.03. The van der Waals surface area contributed by atoms with Crippen LogP contribution in [0.2, 0.25) is 5.02 Å². The molecule has 1 unspecified atom stereocenters. The number of ether oxygens (including phenoxy) is 1. The zero-order valence-corrected chi connectivity index (χ0v) is 8.61. The number of aliphatic imine (C=N–C) groups is 1. The van der Waals surface area contributed by atoms with Crippen molar-refractivity contribution in [1.29, 1.82) is 0 Å². The average molecular weight is 231 g/mol. The molecule has 1 aromatic rings. The molecule has 0 N–H and O–H groups in total. The molecule has 1 atom stereocenters. The van der Waals surface area contributed by atoms with Gasteiger partial charge in [0.15, 0.2) is 0 Å². The van der Waals surface area contributed by atoms with Gasteiger partial charge < -0.3 is 4.74 Å². The molecule has 1 heterocycles. The van der Waals surface area contributed by atoms with E-state index in [1.54, 1.807) is 6.92 Å². The molecule has 1 aliphatic rings. The normalized spacial score (nSPS) is 24.3. The summed E-state index contributed by atoms with van der Waals surface area (Å²) in [6, 6.07) is 1.98. The van der Waals surface area contributed by atoms with Gasteiger partial charge in [-0.1, -0.05) is 11.6 Å². The van der Waals surface area contributed by atoms with E-state index < -0.39 is 17.2 Å². The monoisotopic (exact) mass is 230 g/mol. The molecule has 0 fully saturated rings. The second-order valence-corrected chi connectivity index (χ2v) is 3.92. The van der Waals surface area contributed by atoms with Crippen molar-refractivity contribution in [3.8, 4) is 0 Å². The third-order valence-electron chi connectivity index (χ3n) is 2.30. The molecular formula is C10H7ClF2NO. The molecule has 0 saturated heterocycles. The van der Waals surface area contributed by atoms with Gasteiger partial charge in [0.2, 0.25) is 0 Å². The summed E-state index contributed by atoms with van der Waals surface area (Å²) < 4.78 is 31.5. The molecule has 5 heteroatoms. The first-order valence-corrected chi connectivity index (χ1v) is 4.64. The fourth-order valence-electron chi connectivity index (χ4n) is 1.41. The molecule has 2 rings (SSSR count). The molecule has 0 aliphatic carbocycles. The van der Waals surface area contributed by atoms with Crippen molar-refractivity contribution in [3.05, 3.63) is 34.4 Å². The van der Waals surface area contributed by atoms with E-state index in [1.807, 2.05) is 0 Å². The summed E-state index contributed by atoms with van der Waals surface area (Å²) in [5.41, 5.74) is -0.801. The van der Waals surface area contributed by atoms with Crippen LogP contribution in [0.3, 0.4) is 0 Å². The van der Waals surface area contributed by atoms with E-state index in [0.717, 1.165) is 12.1 Å². The molecule has 79 valence electrons. The summed E-state index contributed by atoms with van der Waals surface area (Å²) in [7, 11) is 0. The van der Waals surface area contributed by atoms with E-state index in [-0.39, 0.29) is 17.2 Å². The van der Waals surface area contributed by atoms with Crippen LogP contribution in [0.15, 0.2) is 17.1 Å². The second kappa shape index (κ2) is 3.45. The lowest BCUT2D eigenvalue weighted by atomic mass is 9.93. The number of nitrogens with zero attached hydrogens (tertiary/aromatic N) is 1. The van der Waals surface area contributed by atoms with Crippen LogP contribution in [0, 0.1) is 11.6 Å². The average Bonchev–Trinajstić information content (AvgIpc) is 2.60. The van der Waals surface area contributed by atoms with Crippen LogP contribution in [0.1, 0.15) is 12.5 Å². The Balaban J connectivity index is 2.53. The van der Waals surface area contributed by atoms with Crippen LogP contribution in [0.25, 0.3) is 0 Å². The summed E-state index contributed by atoms with van der Waals surface area (Å²) in [6.45, 7) is 1.78. The highest BCUT2D eigenvalue weighted by atomic mass is 35.5. The molecule has 0 bridgehead atoms. The highest BCUT2D eigenvalue weighted by molar-refractivity contribution is 6.30. The Morgan fingerprint density at radius 3 is 2.80 bits per heavy atom. The zero-order chi connectivity index (χ0) is 11.1. The van der Waals surface area contributed by atoms with Crippen molar-refractivity contribution >= 4 is 18.0 Å². The van der Waals surface area contributed by atoms with Gasteiger partial charge in [0, 0.05) is 5.56 Å². The fourth-order valence-corrected chi connectivity index (χ4v) is 1.56. The maximum absolute atomic E-state index is 13.5. The first-order valence-electron chi connectivity index (χ1n) is 4.27. The molecule has 1 aromatic carbocycles. The van der Waals surface area contributed by atoms with Crippen LogP contribution in [0.5, 0.6) is 0 Å². The Hall–Kier alpha value is -1.16. The lowest BCUT2D eigenvalue weighted by Gasteiger charge is -2.19. The number of hydrogen-bond acceptors (Lipinski definition) is 2. The van der Waals surface area contributed by atoms with E-state index >= 15 is 0 Å². The maximum Gasteiger partial charge on any atom is 0.274 e. The van der Waals surface area contributed by atoms with Gasteiger partial charge in [-0.15, -0.1) is 0 Å². The van der Waals surface area contributed by atoms with Gasteiger partial charge in [-0.2, -0.15) is 0 Å². The largest absolute Gasteiger partial charge is 0.471 e. The van der Waals surface area contributed by atoms with Gasteiger partial charge in [-0.05, 0) is 19.1 Å². The topological polar surface area (TPSA) is 21.6 Å². The van der Waals surface area contributed by atoms with E-state index in [2.05, 4.69) is 11.4 Å². The van der Waals surface area contributed by atoms with Crippen molar-refractivity contribution in [2.75, 3.05) is 6.61 Å². The minimum Gasteiger partial charge on any atom is -0.471 e. The summed E-state index contributed by atoms with van der Waals surface area (Å²) in [4.78, 5) is 3.85. The SMILES string of the molecule is CC1(c2cc(F)c(Cl)cc2F)CO[C]=N1. The standard InChI is InChI=1S/C10H7ClF2NO/c1-10(4-15-5-14-10)6-2-9(13)7(11)3-8(6)12/h2-3H,4H2,1H3. The van der Waals surface area contributed by atoms with Gasteiger partial charge in [0.05, 0.1) is 5.02 Å². The Morgan fingerprint density at radius 2 is 2.20 bits per heavy atom. The van der Waals surface area contributed by atoms with Crippen LogP contribution < -0.4 is 0 Å². The molecule has 0 amide bonds. The highest BCUT2D eigenvalue weighted by Gasteiger charge is 2.33. The molecule has 0 saturated carbocycles. The Kier molecular flexibility index (Phi) is 2.38. The van der Waals surface area contributed by atoms with Crippen LogP contribution in [-0.2, 0) is 10.3 Å². The van der Waals surface area contributed by atoms with E-state index in [0.29, 0.717) is 0 Å². The van der Waals surface area contributed by atoms with Crippen molar-refractivity contribution in [3.63, 3.8) is 0 Å². The lowest BCUT2D eigenvalue weighted by Crippen LogP contribution is -2.22. The summed E-state index contributed by atoms with van der Waals surface area (Å²) in [5.74, 6) is -1.27. The van der Waals surface area contributed by atoms with Crippen molar-refractivity contribution in [1.82, 2.24) is 0 Å². The predicted octanol–water partition coefficient (Wildman–Crippen LogP) is 2.77. The molecular weight excluding hydrogens is 224 g/mol. The number of halogens is 3. The Labute approximate surface area is 90.5 Å². The van der Waals surface area contributed by atoms with Gasteiger partial charge in [-0.25, -0.2) is 13.8 Å². The van der Waals surface area contributed by atoms with Gasteiger partial charge in [-0.3, -0.25) is 0 Å². The van der Waals surface area contributed by atoms with Gasteiger partial charge in [0.1, 0.15) is 23.8 Å². The number of benzene rings is 1.